The van der Waals surface area contributed by atoms with Gasteiger partial charge in [0.1, 0.15) is 0 Å². The minimum absolute atomic E-state index is 0.698. The molecule has 2 bridgehead atoms. The molecule has 1 aromatic carbocycles. The van der Waals surface area contributed by atoms with Crippen molar-refractivity contribution in [2.24, 2.45) is 11.8 Å². The third kappa shape index (κ3) is 2.47. The number of benzene rings is 1. The van der Waals surface area contributed by atoms with Gasteiger partial charge < -0.3 is 5.32 Å². The van der Waals surface area contributed by atoms with Crippen LogP contribution in [0.15, 0.2) is 18.2 Å². The molecule has 0 saturated heterocycles. The summed E-state index contributed by atoms with van der Waals surface area (Å²) in [7, 11) is 0. The van der Waals surface area contributed by atoms with Gasteiger partial charge in [0, 0.05) is 22.6 Å². The maximum Gasteiger partial charge on any atom is 0.0451 e. The van der Waals surface area contributed by atoms with Crippen LogP contribution in [0.3, 0.4) is 0 Å². The average molecular weight is 270 g/mol. The second kappa shape index (κ2) is 4.79. The van der Waals surface area contributed by atoms with Crippen molar-refractivity contribution in [3.63, 3.8) is 0 Å². The van der Waals surface area contributed by atoms with Gasteiger partial charge in [-0.1, -0.05) is 29.6 Å². The third-order valence-electron chi connectivity index (χ3n) is 4.30. The number of hydrogen-bond donors (Lipinski definition) is 1. The molecule has 2 fully saturated rings. The van der Waals surface area contributed by atoms with E-state index in [4.69, 9.17) is 23.2 Å². The normalized spacial score (nSPS) is 31.1. The first-order valence-electron chi connectivity index (χ1n) is 6.39. The Morgan fingerprint density at radius 1 is 1.18 bits per heavy atom. The molecule has 1 N–H and O–H groups in total. The number of rotatable bonds is 3. The van der Waals surface area contributed by atoms with Crippen LogP contribution in [0.5, 0.6) is 0 Å². The highest BCUT2D eigenvalue weighted by molar-refractivity contribution is 6.33. The van der Waals surface area contributed by atoms with Crippen LogP contribution >= 0.6 is 23.2 Å². The van der Waals surface area contributed by atoms with Crippen LogP contribution in [0, 0.1) is 11.8 Å². The third-order valence-corrected chi connectivity index (χ3v) is 4.90. The van der Waals surface area contributed by atoms with Crippen molar-refractivity contribution in [3.8, 4) is 0 Å². The molecule has 0 aromatic heterocycles. The highest BCUT2D eigenvalue weighted by Crippen LogP contribution is 2.44. The van der Waals surface area contributed by atoms with Crippen molar-refractivity contribution < 1.29 is 0 Å². The molecule has 2 aliphatic rings. The molecular formula is C14H17Cl2N. The van der Waals surface area contributed by atoms with Crippen LogP contribution in [0.2, 0.25) is 10.0 Å². The van der Waals surface area contributed by atoms with Gasteiger partial charge >= 0.3 is 0 Å². The van der Waals surface area contributed by atoms with Gasteiger partial charge in [-0.3, -0.25) is 0 Å². The summed E-state index contributed by atoms with van der Waals surface area (Å²) >= 11 is 12.2. The lowest BCUT2D eigenvalue weighted by Crippen LogP contribution is -2.33. The Hall–Kier alpha value is -0.240. The van der Waals surface area contributed by atoms with Gasteiger partial charge in [0.15, 0.2) is 0 Å². The Morgan fingerprint density at radius 2 is 2.06 bits per heavy atom. The summed E-state index contributed by atoms with van der Waals surface area (Å²) in [6.07, 6.45) is 5.64. The van der Waals surface area contributed by atoms with Gasteiger partial charge in [-0.25, -0.2) is 0 Å². The number of halogens is 2. The summed E-state index contributed by atoms with van der Waals surface area (Å²) in [6.45, 7) is 0.841. The Bertz CT molecular complexity index is 419. The van der Waals surface area contributed by atoms with Crippen LogP contribution < -0.4 is 5.32 Å². The first-order valence-corrected chi connectivity index (χ1v) is 7.15. The first kappa shape index (κ1) is 11.8. The number of fused-ring (bicyclic) bond motifs is 2. The van der Waals surface area contributed by atoms with E-state index in [0.717, 1.165) is 34.0 Å². The summed E-state index contributed by atoms with van der Waals surface area (Å²) in [6, 6.07) is 6.38. The van der Waals surface area contributed by atoms with E-state index in [-0.39, 0.29) is 0 Å². The van der Waals surface area contributed by atoms with Gasteiger partial charge in [-0.05, 0) is 54.9 Å². The smallest absolute Gasteiger partial charge is 0.0451 e. The number of hydrogen-bond acceptors (Lipinski definition) is 1. The SMILES string of the molecule is Clc1ccc(Cl)c(CNC2CC3CCC2C3)c1. The Labute approximate surface area is 112 Å². The van der Waals surface area contributed by atoms with E-state index in [9.17, 15) is 0 Å². The minimum atomic E-state index is 0.698. The van der Waals surface area contributed by atoms with Crippen molar-refractivity contribution in [3.05, 3.63) is 33.8 Å². The molecule has 1 aromatic rings. The van der Waals surface area contributed by atoms with Gasteiger partial charge in [0.2, 0.25) is 0 Å². The van der Waals surface area contributed by atoms with Gasteiger partial charge in [-0.2, -0.15) is 0 Å². The fourth-order valence-electron chi connectivity index (χ4n) is 3.41. The molecular weight excluding hydrogens is 253 g/mol. The van der Waals surface area contributed by atoms with Crippen molar-refractivity contribution >= 4 is 23.2 Å². The Morgan fingerprint density at radius 3 is 2.76 bits per heavy atom. The molecule has 3 atom stereocenters. The highest BCUT2D eigenvalue weighted by atomic mass is 35.5. The fourth-order valence-corrected chi connectivity index (χ4v) is 3.79. The lowest BCUT2D eigenvalue weighted by molar-refractivity contribution is 0.351. The van der Waals surface area contributed by atoms with Crippen molar-refractivity contribution in [1.82, 2.24) is 5.32 Å². The zero-order valence-electron chi connectivity index (χ0n) is 9.76. The lowest BCUT2D eigenvalue weighted by Gasteiger charge is -2.23. The molecule has 3 heteroatoms. The molecule has 3 unspecified atom stereocenters. The van der Waals surface area contributed by atoms with Crippen LogP contribution in [-0.2, 0) is 6.54 Å². The molecule has 3 rings (SSSR count). The van der Waals surface area contributed by atoms with E-state index in [1.165, 1.54) is 25.7 Å². The van der Waals surface area contributed by atoms with E-state index >= 15 is 0 Å². The predicted molar refractivity (Wildman–Crippen MR) is 72.5 cm³/mol. The molecule has 0 radical (unpaired) electrons. The Kier molecular flexibility index (Phi) is 3.34. The zero-order valence-corrected chi connectivity index (χ0v) is 11.3. The second-order valence-corrected chi connectivity index (χ2v) is 6.24. The van der Waals surface area contributed by atoms with Crippen LogP contribution in [0.1, 0.15) is 31.2 Å². The molecule has 17 heavy (non-hydrogen) atoms. The van der Waals surface area contributed by atoms with Crippen LogP contribution in [-0.4, -0.2) is 6.04 Å². The monoisotopic (exact) mass is 269 g/mol. The van der Waals surface area contributed by atoms with E-state index in [1.807, 2.05) is 18.2 Å². The highest BCUT2D eigenvalue weighted by Gasteiger charge is 2.38. The molecule has 0 aliphatic heterocycles. The van der Waals surface area contributed by atoms with Crippen LogP contribution in [0.25, 0.3) is 0 Å². The zero-order chi connectivity index (χ0) is 11.8. The number of nitrogens with one attached hydrogen (secondary N) is 1. The van der Waals surface area contributed by atoms with Crippen molar-refractivity contribution in [1.29, 1.82) is 0 Å². The molecule has 2 aliphatic carbocycles. The summed E-state index contributed by atoms with van der Waals surface area (Å²) in [5.41, 5.74) is 1.11. The minimum Gasteiger partial charge on any atom is -0.310 e. The molecule has 92 valence electrons. The first-order chi connectivity index (χ1) is 8.22. The summed E-state index contributed by atoms with van der Waals surface area (Å²) in [5.74, 6) is 1.88. The standard InChI is InChI=1S/C14H17Cl2N/c15-12-3-4-13(16)11(7-12)8-17-14-6-9-1-2-10(14)5-9/h3-4,7,9-10,14,17H,1-2,5-6,8H2. The topological polar surface area (TPSA) is 12.0 Å². The predicted octanol–water partition coefficient (Wildman–Crippen LogP) is 4.27. The van der Waals surface area contributed by atoms with Crippen molar-refractivity contribution in [2.75, 3.05) is 0 Å². The Balaban J connectivity index is 1.62. The summed E-state index contributed by atoms with van der Waals surface area (Å²) in [4.78, 5) is 0. The van der Waals surface area contributed by atoms with Gasteiger partial charge in [0.25, 0.3) is 0 Å². The van der Waals surface area contributed by atoms with E-state index in [2.05, 4.69) is 5.32 Å². The maximum atomic E-state index is 6.16. The molecule has 0 amide bonds. The van der Waals surface area contributed by atoms with Gasteiger partial charge in [-0.15, -0.1) is 0 Å². The quantitative estimate of drug-likeness (QED) is 0.864. The van der Waals surface area contributed by atoms with E-state index in [1.54, 1.807) is 0 Å². The summed E-state index contributed by atoms with van der Waals surface area (Å²) < 4.78 is 0. The molecule has 0 spiro atoms. The fraction of sp³-hybridized carbons (Fsp3) is 0.571. The average Bonchev–Trinajstić information content (AvgIpc) is 2.92. The lowest BCUT2D eigenvalue weighted by atomic mass is 9.95. The molecule has 2 saturated carbocycles. The van der Waals surface area contributed by atoms with Crippen molar-refractivity contribution in [2.45, 2.75) is 38.3 Å². The second-order valence-electron chi connectivity index (χ2n) is 5.40. The largest absolute Gasteiger partial charge is 0.310 e. The van der Waals surface area contributed by atoms with E-state index < -0.39 is 0 Å². The van der Waals surface area contributed by atoms with E-state index in [0.29, 0.717) is 6.04 Å². The molecule has 0 heterocycles. The maximum absolute atomic E-state index is 6.16. The summed E-state index contributed by atoms with van der Waals surface area (Å²) in [5, 5.41) is 5.23. The van der Waals surface area contributed by atoms with Crippen LogP contribution in [0.4, 0.5) is 0 Å². The van der Waals surface area contributed by atoms with Gasteiger partial charge in [0.05, 0.1) is 0 Å². The molecule has 1 nitrogen and oxygen atoms in total.